The van der Waals surface area contributed by atoms with E-state index in [4.69, 9.17) is 0 Å². The summed E-state index contributed by atoms with van der Waals surface area (Å²) < 4.78 is 0. The van der Waals surface area contributed by atoms with Crippen LogP contribution < -0.4 is 0 Å². The average Bonchev–Trinajstić information content (AvgIpc) is 3.29. The van der Waals surface area contributed by atoms with E-state index in [0.717, 1.165) is 57.8 Å². The van der Waals surface area contributed by atoms with Crippen LogP contribution in [0, 0.1) is 65.2 Å². The third-order valence-corrected chi connectivity index (χ3v) is 3.34. The van der Waals surface area contributed by atoms with Crippen LogP contribution in [-0.2, 0) is 21.1 Å². The molecule has 0 saturated carbocycles. The van der Waals surface area contributed by atoms with Crippen molar-refractivity contribution in [3.63, 3.8) is 0 Å². The lowest BCUT2D eigenvalue weighted by Gasteiger charge is -1.79. The van der Waals surface area contributed by atoms with Crippen molar-refractivity contribution in [2.75, 3.05) is 0 Å². The summed E-state index contributed by atoms with van der Waals surface area (Å²) in [5, 5.41) is 24.1. The SMILES string of the molecule is C.C.C.C.C.C.C.C.C.C.C.CC(C)C.CC(C)C.CC(C)C.CC(C)C.Cc1nn(C)nc1C.Cc1nn(C)nc1C.Cc1nn(C)nc1C. The van der Waals surface area contributed by atoms with Crippen LogP contribution in [0.15, 0.2) is 0 Å². The Hall–Kier alpha value is -2.58. The van der Waals surface area contributed by atoms with Crippen LogP contribution >= 0.6 is 0 Å². The van der Waals surface area contributed by atoms with Gasteiger partial charge in [-0.1, -0.05) is 165 Å². The fourth-order valence-corrected chi connectivity index (χ4v) is 1.80. The Bertz CT molecular complexity index is 767. The monoisotopic (exact) mass is 742 g/mol. The molecule has 3 aromatic rings. The first-order valence-corrected chi connectivity index (χ1v) is 14.6. The van der Waals surface area contributed by atoms with Gasteiger partial charge in [0.05, 0.1) is 34.2 Å². The highest BCUT2D eigenvalue weighted by Crippen LogP contribution is 1.95. The van der Waals surface area contributed by atoms with Gasteiger partial charge in [-0.25, -0.2) is 0 Å². The molecule has 0 radical (unpaired) electrons. The summed E-state index contributed by atoms with van der Waals surface area (Å²) in [5.74, 6) is 3.33. The van der Waals surface area contributed by atoms with Crippen molar-refractivity contribution >= 4 is 0 Å². The maximum Gasteiger partial charge on any atom is 0.0825 e. The molecule has 9 nitrogen and oxygen atoms in total. The molecule has 0 N–H and O–H groups in total. The van der Waals surface area contributed by atoms with Gasteiger partial charge in [0.15, 0.2) is 0 Å². The van der Waals surface area contributed by atoms with Crippen molar-refractivity contribution in [1.82, 2.24) is 45.0 Å². The summed E-state index contributed by atoms with van der Waals surface area (Å²) >= 11 is 0. The third kappa shape index (κ3) is 87.6. The van der Waals surface area contributed by atoms with Gasteiger partial charge in [0.2, 0.25) is 0 Å². The summed E-state index contributed by atoms with van der Waals surface area (Å²) in [6.45, 7) is 37.7. The minimum absolute atomic E-state index is 0. The summed E-state index contributed by atoms with van der Waals surface area (Å²) in [4.78, 5) is 4.72. The van der Waals surface area contributed by atoms with Crippen LogP contribution in [0.25, 0.3) is 0 Å². The fraction of sp³-hybridized carbons (Fsp3) is 0.857. The second kappa shape index (κ2) is 56.8. The predicted octanol–water partition coefficient (Wildman–Crippen LogP) is 14.9. The summed E-state index contributed by atoms with van der Waals surface area (Å²) in [5.41, 5.74) is 6.04. The second-order valence-electron chi connectivity index (χ2n) is 12.5. The highest BCUT2D eigenvalue weighted by atomic mass is 15.5. The van der Waals surface area contributed by atoms with Gasteiger partial charge in [0.1, 0.15) is 0 Å². The molecule has 51 heavy (non-hydrogen) atoms. The normalized spacial score (nSPS) is 7.47. The largest absolute Gasteiger partial charge is 0.188 e. The lowest BCUT2D eigenvalue weighted by atomic mass is 10.3. The first kappa shape index (κ1) is 97.5. The third-order valence-electron chi connectivity index (χ3n) is 3.34. The zero-order valence-electron chi connectivity index (χ0n) is 30.3. The number of hydrogen-bond acceptors (Lipinski definition) is 6. The van der Waals surface area contributed by atoms with Crippen LogP contribution in [0.1, 0.15) is 199 Å². The Morgan fingerprint density at radius 3 is 0.333 bits per heavy atom. The van der Waals surface area contributed by atoms with E-state index in [-0.39, 0.29) is 81.7 Å². The summed E-state index contributed by atoms with van der Waals surface area (Å²) in [6, 6.07) is 0. The Balaban J connectivity index is -0.0000000225. The molecule has 0 aliphatic carbocycles. The molecule has 3 heterocycles. The Kier molecular flexibility index (Phi) is 109. The van der Waals surface area contributed by atoms with E-state index in [9.17, 15) is 0 Å². The minimum atomic E-state index is 0. The minimum Gasteiger partial charge on any atom is -0.188 e. The van der Waals surface area contributed by atoms with Crippen molar-refractivity contribution in [3.8, 4) is 0 Å². The highest BCUT2D eigenvalue weighted by molar-refractivity contribution is 5.03. The van der Waals surface area contributed by atoms with E-state index < -0.39 is 0 Å². The topological polar surface area (TPSA) is 92.1 Å². The average molecular weight is 742 g/mol. The quantitative estimate of drug-likeness (QED) is 0.228. The molecule has 324 valence electrons. The van der Waals surface area contributed by atoms with E-state index >= 15 is 0 Å². The summed E-state index contributed by atoms with van der Waals surface area (Å²) in [6.07, 6.45) is 0. The molecule has 0 bridgehead atoms. The molecular formula is C42H111N9. The van der Waals surface area contributed by atoms with E-state index in [0.29, 0.717) is 0 Å². The molecule has 3 aromatic heterocycles. The molecular weight excluding hydrogens is 631 g/mol. The number of rotatable bonds is 0. The van der Waals surface area contributed by atoms with Crippen LogP contribution in [0.3, 0.4) is 0 Å². The fourth-order valence-electron chi connectivity index (χ4n) is 1.80. The molecule has 0 unspecified atom stereocenters. The van der Waals surface area contributed by atoms with Gasteiger partial charge >= 0.3 is 0 Å². The van der Waals surface area contributed by atoms with Crippen LogP contribution in [-0.4, -0.2) is 45.0 Å². The van der Waals surface area contributed by atoms with Gasteiger partial charge in [0, 0.05) is 21.1 Å². The van der Waals surface area contributed by atoms with Gasteiger partial charge in [-0.15, -0.1) is 0 Å². The maximum absolute atomic E-state index is 4.02. The van der Waals surface area contributed by atoms with E-state index in [1.54, 1.807) is 14.4 Å². The molecule has 0 fully saturated rings. The van der Waals surface area contributed by atoms with Gasteiger partial charge in [-0.2, -0.15) is 45.0 Å². The Labute approximate surface area is 329 Å². The Morgan fingerprint density at radius 2 is 0.314 bits per heavy atom. The van der Waals surface area contributed by atoms with E-state index in [1.165, 1.54) is 0 Å². The lowest BCUT2D eigenvalue weighted by molar-refractivity contribution is 0.645. The van der Waals surface area contributed by atoms with Crippen LogP contribution in [0.5, 0.6) is 0 Å². The standard InChI is InChI=1S/3C5H9N3.4C4H10.11CH4/c3*1-4-5(2)7-8(3)6-4;4*1-4(2)3;;;;;;;;;;;/h3*1-3H3;4*4H,1-3H3;11*1H4. The molecule has 3 rings (SSSR count). The highest BCUT2D eigenvalue weighted by Gasteiger charge is 1.96. The van der Waals surface area contributed by atoms with Gasteiger partial charge in [0.25, 0.3) is 0 Å². The number of nitrogens with zero attached hydrogens (tertiary/aromatic N) is 9. The molecule has 0 aliphatic heterocycles. The van der Waals surface area contributed by atoms with Crippen LogP contribution in [0.4, 0.5) is 0 Å². The van der Waals surface area contributed by atoms with Gasteiger partial charge in [-0.3, -0.25) is 0 Å². The van der Waals surface area contributed by atoms with Gasteiger partial charge in [-0.05, 0) is 65.2 Å². The molecule has 0 spiro atoms. The molecule has 0 amide bonds. The van der Waals surface area contributed by atoms with Gasteiger partial charge < -0.3 is 0 Å². The summed E-state index contributed by atoms with van der Waals surface area (Å²) in [7, 11) is 5.46. The maximum atomic E-state index is 4.02. The molecule has 0 atom stereocenters. The number of aromatic nitrogens is 9. The van der Waals surface area contributed by atoms with E-state index in [2.05, 4.69) is 114 Å². The number of hydrogen-bond donors (Lipinski definition) is 0. The molecule has 0 aliphatic rings. The van der Waals surface area contributed by atoms with Crippen molar-refractivity contribution in [2.45, 2.75) is 206 Å². The molecule has 0 saturated heterocycles. The first-order chi connectivity index (χ1) is 18.0. The molecule has 9 heteroatoms. The smallest absolute Gasteiger partial charge is 0.0825 e. The van der Waals surface area contributed by atoms with Crippen molar-refractivity contribution in [3.05, 3.63) is 34.2 Å². The first-order valence-electron chi connectivity index (χ1n) is 14.6. The number of aryl methyl sites for hydroxylation is 9. The Morgan fingerprint density at radius 1 is 0.255 bits per heavy atom. The predicted molar refractivity (Wildman–Crippen MR) is 248 cm³/mol. The van der Waals surface area contributed by atoms with Crippen molar-refractivity contribution in [2.24, 2.45) is 44.8 Å². The van der Waals surface area contributed by atoms with Crippen molar-refractivity contribution in [1.29, 1.82) is 0 Å². The van der Waals surface area contributed by atoms with E-state index in [1.807, 2.05) is 62.7 Å². The zero-order valence-corrected chi connectivity index (χ0v) is 30.3. The zero-order chi connectivity index (χ0) is 32.7. The lowest BCUT2D eigenvalue weighted by Crippen LogP contribution is -1.91. The van der Waals surface area contributed by atoms with Crippen molar-refractivity contribution < 1.29 is 0 Å². The molecule has 0 aromatic carbocycles. The second-order valence-corrected chi connectivity index (χ2v) is 12.5. The van der Waals surface area contributed by atoms with Crippen LogP contribution in [0.2, 0.25) is 0 Å².